The van der Waals surface area contributed by atoms with E-state index in [1.165, 1.54) is 44.1 Å². The molecule has 1 fully saturated rings. The predicted molar refractivity (Wildman–Crippen MR) is 93.4 cm³/mol. The van der Waals surface area contributed by atoms with E-state index in [0.717, 1.165) is 12.1 Å². The van der Waals surface area contributed by atoms with Crippen LogP contribution in [0.4, 0.5) is 5.69 Å². The lowest BCUT2D eigenvalue weighted by Crippen LogP contribution is -2.24. The number of nitrogens with two attached hydrogens (primary N) is 1. The highest BCUT2D eigenvalue weighted by Gasteiger charge is 2.11. The molecule has 0 unspecified atom stereocenters. The highest BCUT2D eigenvalue weighted by Crippen LogP contribution is 2.19. The van der Waals surface area contributed by atoms with E-state index < -0.39 is 0 Å². The zero-order chi connectivity index (χ0) is 15.6. The molecule has 1 aliphatic carbocycles. The second-order valence-electron chi connectivity index (χ2n) is 5.93. The van der Waals surface area contributed by atoms with Crippen molar-refractivity contribution in [1.29, 1.82) is 0 Å². The molecule has 0 amide bonds. The standard InChI is InChI=1S/C18H29N3O/c1-2-15-9-11-16(12-10-15)21-18(19)20-13-14-22-17-7-5-3-4-6-8-17/h9-12,17H,2-8,13-14H2,1H3,(H3,19,20,21). The van der Waals surface area contributed by atoms with Crippen LogP contribution in [0.5, 0.6) is 0 Å². The zero-order valence-corrected chi connectivity index (χ0v) is 13.7. The molecule has 1 aromatic carbocycles. The Hall–Kier alpha value is -1.55. The van der Waals surface area contributed by atoms with E-state index >= 15 is 0 Å². The first kappa shape index (κ1) is 16.8. The molecule has 1 aliphatic rings. The normalized spacial score (nSPS) is 17.2. The van der Waals surface area contributed by atoms with Crippen LogP contribution in [-0.4, -0.2) is 25.2 Å². The van der Waals surface area contributed by atoms with Crippen LogP contribution in [0.3, 0.4) is 0 Å². The van der Waals surface area contributed by atoms with E-state index in [1.807, 2.05) is 12.1 Å². The van der Waals surface area contributed by atoms with Crippen LogP contribution >= 0.6 is 0 Å². The molecule has 3 N–H and O–H groups in total. The smallest absolute Gasteiger partial charge is 0.193 e. The minimum atomic E-state index is 0.425. The molecule has 0 aromatic heterocycles. The van der Waals surface area contributed by atoms with Gasteiger partial charge in [-0.05, 0) is 37.0 Å². The Morgan fingerprint density at radius 1 is 1.18 bits per heavy atom. The molecule has 22 heavy (non-hydrogen) atoms. The lowest BCUT2D eigenvalue weighted by Gasteiger charge is -2.14. The van der Waals surface area contributed by atoms with E-state index in [2.05, 4.69) is 29.4 Å². The molecular weight excluding hydrogens is 274 g/mol. The molecule has 0 radical (unpaired) electrons. The van der Waals surface area contributed by atoms with E-state index in [4.69, 9.17) is 10.5 Å². The van der Waals surface area contributed by atoms with Gasteiger partial charge in [0, 0.05) is 5.69 Å². The van der Waals surface area contributed by atoms with Crippen LogP contribution in [0.2, 0.25) is 0 Å². The molecule has 0 spiro atoms. The summed E-state index contributed by atoms with van der Waals surface area (Å²) >= 11 is 0. The van der Waals surface area contributed by atoms with Gasteiger partial charge in [0.25, 0.3) is 0 Å². The van der Waals surface area contributed by atoms with Crippen molar-refractivity contribution in [2.24, 2.45) is 10.7 Å². The summed E-state index contributed by atoms with van der Waals surface area (Å²) in [5, 5.41) is 3.11. The summed E-state index contributed by atoms with van der Waals surface area (Å²) in [6.45, 7) is 3.41. The quantitative estimate of drug-likeness (QED) is 0.364. The van der Waals surface area contributed by atoms with Crippen LogP contribution in [0.15, 0.2) is 29.3 Å². The fourth-order valence-corrected chi connectivity index (χ4v) is 2.81. The maximum atomic E-state index is 5.90. The van der Waals surface area contributed by atoms with Crippen LogP contribution in [0.1, 0.15) is 51.0 Å². The molecule has 0 saturated heterocycles. The van der Waals surface area contributed by atoms with Gasteiger partial charge < -0.3 is 15.8 Å². The molecule has 4 nitrogen and oxygen atoms in total. The Kier molecular flexibility index (Phi) is 7.23. The van der Waals surface area contributed by atoms with Crippen molar-refractivity contribution >= 4 is 11.6 Å². The molecule has 122 valence electrons. The number of aryl methyl sites for hydroxylation is 1. The summed E-state index contributed by atoms with van der Waals surface area (Å²) in [7, 11) is 0. The Morgan fingerprint density at radius 3 is 2.50 bits per heavy atom. The number of guanidine groups is 1. The molecule has 0 bridgehead atoms. The van der Waals surface area contributed by atoms with Crippen molar-refractivity contribution in [3.63, 3.8) is 0 Å². The number of nitrogens with zero attached hydrogens (tertiary/aromatic N) is 1. The molecule has 0 atom stereocenters. The van der Waals surface area contributed by atoms with Crippen molar-refractivity contribution in [3.05, 3.63) is 29.8 Å². The third kappa shape index (κ3) is 6.06. The van der Waals surface area contributed by atoms with Gasteiger partial charge in [-0.15, -0.1) is 0 Å². The topological polar surface area (TPSA) is 59.6 Å². The van der Waals surface area contributed by atoms with Crippen molar-refractivity contribution in [2.45, 2.75) is 58.0 Å². The molecule has 4 heteroatoms. The number of rotatable bonds is 6. The number of aliphatic imine (C=N–C) groups is 1. The molecule has 2 rings (SSSR count). The van der Waals surface area contributed by atoms with Crippen molar-refractivity contribution < 1.29 is 4.74 Å². The van der Waals surface area contributed by atoms with Gasteiger partial charge >= 0.3 is 0 Å². The van der Waals surface area contributed by atoms with Crippen molar-refractivity contribution in [3.8, 4) is 0 Å². The third-order valence-electron chi connectivity index (χ3n) is 4.16. The first-order chi connectivity index (χ1) is 10.8. The van der Waals surface area contributed by atoms with Crippen LogP contribution in [0.25, 0.3) is 0 Å². The van der Waals surface area contributed by atoms with Gasteiger partial charge in [-0.25, -0.2) is 0 Å². The summed E-state index contributed by atoms with van der Waals surface area (Å²) in [5.74, 6) is 0.453. The highest BCUT2D eigenvalue weighted by atomic mass is 16.5. The average molecular weight is 303 g/mol. The van der Waals surface area contributed by atoms with Crippen molar-refractivity contribution in [2.75, 3.05) is 18.5 Å². The predicted octanol–water partition coefficient (Wildman–Crippen LogP) is 3.72. The summed E-state index contributed by atoms with van der Waals surface area (Å²) in [5.41, 5.74) is 8.20. The average Bonchev–Trinajstić information content (AvgIpc) is 2.81. The first-order valence-corrected chi connectivity index (χ1v) is 8.55. The maximum absolute atomic E-state index is 5.90. The Balaban J connectivity index is 1.68. The number of benzene rings is 1. The summed E-state index contributed by atoms with van der Waals surface area (Å²) in [6, 6.07) is 8.27. The zero-order valence-electron chi connectivity index (χ0n) is 13.7. The Morgan fingerprint density at radius 2 is 1.86 bits per heavy atom. The van der Waals surface area contributed by atoms with Gasteiger partial charge in [-0.1, -0.05) is 44.7 Å². The minimum absolute atomic E-state index is 0.425. The fraction of sp³-hybridized carbons (Fsp3) is 0.611. The van der Waals surface area contributed by atoms with Crippen LogP contribution in [-0.2, 0) is 11.2 Å². The maximum Gasteiger partial charge on any atom is 0.193 e. The Labute approximate surface area is 134 Å². The van der Waals surface area contributed by atoms with Crippen molar-refractivity contribution in [1.82, 2.24) is 0 Å². The number of hydrogen-bond donors (Lipinski definition) is 2. The molecule has 0 heterocycles. The van der Waals surface area contributed by atoms with E-state index in [9.17, 15) is 0 Å². The highest BCUT2D eigenvalue weighted by molar-refractivity contribution is 5.92. The summed E-state index contributed by atoms with van der Waals surface area (Å²) in [6.07, 6.45) is 9.16. The third-order valence-corrected chi connectivity index (χ3v) is 4.16. The van der Waals surface area contributed by atoms with E-state index in [1.54, 1.807) is 0 Å². The molecule has 1 saturated carbocycles. The van der Waals surface area contributed by atoms with E-state index in [0.29, 0.717) is 25.2 Å². The fourth-order valence-electron chi connectivity index (χ4n) is 2.81. The second-order valence-corrected chi connectivity index (χ2v) is 5.93. The van der Waals surface area contributed by atoms with E-state index in [-0.39, 0.29) is 0 Å². The number of hydrogen-bond acceptors (Lipinski definition) is 2. The van der Waals surface area contributed by atoms with Gasteiger partial charge in [0.15, 0.2) is 5.96 Å². The van der Waals surface area contributed by atoms with Gasteiger partial charge in [-0.2, -0.15) is 0 Å². The SMILES string of the molecule is CCc1ccc(NC(N)=NCCOC2CCCCCC2)cc1. The summed E-state index contributed by atoms with van der Waals surface area (Å²) in [4.78, 5) is 4.33. The minimum Gasteiger partial charge on any atom is -0.376 e. The van der Waals surface area contributed by atoms with Gasteiger partial charge in [0.05, 0.1) is 19.3 Å². The van der Waals surface area contributed by atoms with Gasteiger partial charge in [-0.3, -0.25) is 4.99 Å². The monoisotopic (exact) mass is 303 g/mol. The summed E-state index contributed by atoms with van der Waals surface area (Å²) < 4.78 is 5.90. The van der Waals surface area contributed by atoms with Crippen LogP contribution in [0, 0.1) is 0 Å². The lowest BCUT2D eigenvalue weighted by molar-refractivity contribution is 0.0487. The first-order valence-electron chi connectivity index (χ1n) is 8.55. The molecule has 0 aliphatic heterocycles. The molecule has 1 aromatic rings. The largest absolute Gasteiger partial charge is 0.376 e. The molecular formula is C18H29N3O. The van der Waals surface area contributed by atoms with Gasteiger partial charge in [0.1, 0.15) is 0 Å². The number of anilines is 1. The van der Waals surface area contributed by atoms with Crippen LogP contribution < -0.4 is 11.1 Å². The number of nitrogens with one attached hydrogen (secondary N) is 1. The second kappa shape index (κ2) is 9.46. The lowest BCUT2D eigenvalue weighted by atomic mass is 10.1. The van der Waals surface area contributed by atoms with Gasteiger partial charge in [0.2, 0.25) is 0 Å². The number of ether oxygens (including phenoxy) is 1. The Bertz CT molecular complexity index is 448.